The molecule has 1 aromatic rings. The van der Waals surface area contributed by atoms with Crippen LogP contribution in [0.3, 0.4) is 0 Å². The van der Waals surface area contributed by atoms with E-state index < -0.39 is 0 Å². The zero-order valence-electron chi connectivity index (χ0n) is 10.3. The van der Waals surface area contributed by atoms with Crippen molar-refractivity contribution in [3.8, 4) is 0 Å². The van der Waals surface area contributed by atoms with E-state index in [1.807, 2.05) is 6.08 Å². The highest BCUT2D eigenvalue weighted by Crippen LogP contribution is 2.13. The highest BCUT2D eigenvalue weighted by Gasteiger charge is 1.92. The van der Waals surface area contributed by atoms with Gasteiger partial charge in [-0.3, -0.25) is 0 Å². The Morgan fingerprint density at radius 1 is 1.06 bits per heavy atom. The van der Waals surface area contributed by atoms with Gasteiger partial charge in [0.1, 0.15) is 0 Å². The van der Waals surface area contributed by atoms with Crippen LogP contribution < -0.4 is 0 Å². The quantitative estimate of drug-likeness (QED) is 0.539. The highest BCUT2D eigenvalue weighted by atomic mass is 14.0. The molecule has 86 valence electrons. The maximum atomic E-state index is 3.83. The molecule has 0 amide bonds. The van der Waals surface area contributed by atoms with Crippen molar-refractivity contribution in [2.75, 3.05) is 0 Å². The minimum Gasteiger partial charge on any atom is -0.0984 e. The molecular weight excluding hydrogens is 192 g/mol. The summed E-state index contributed by atoms with van der Waals surface area (Å²) in [5.74, 6) is 0. The van der Waals surface area contributed by atoms with Gasteiger partial charge in [0.25, 0.3) is 0 Å². The molecular formula is C16H22. The third-order valence-corrected chi connectivity index (χ3v) is 2.74. The molecule has 1 rings (SSSR count). The first-order valence-corrected chi connectivity index (χ1v) is 6.26. The van der Waals surface area contributed by atoms with Crippen LogP contribution in [-0.2, 0) is 0 Å². The van der Waals surface area contributed by atoms with Gasteiger partial charge >= 0.3 is 0 Å². The van der Waals surface area contributed by atoms with Gasteiger partial charge in [-0.15, -0.1) is 0 Å². The smallest absolute Gasteiger partial charge is 0.0187 e. The lowest BCUT2D eigenvalue weighted by Gasteiger charge is -1.99. The lowest BCUT2D eigenvalue weighted by Crippen LogP contribution is -1.79. The van der Waals surface area contributed by atoms with E-state index >= 15 is 0 Å². The molecule has 0 nitrogen and oxygen atoms in total. The molecule has 0 aliphatic carbocycles. The minimum atomic E-state index is 1.19. The molecule has 0 aliphatic heterocycles. The van der Waals surface area contributed by atoms with Crippen molar-refractivity contribution < 1.29 is 0 Å². The van der Waals surface area contributed by atoms with E-state index in [0.29, 0.717) is 0 Å². The van der Waals surface area contributed by atoms with Crippen molar-refractivity contribution in [3.63, 3.8) is 0 Å². The van der Waals surface area contributed by atoms with Gasteiger partial charge in [0.15, 0.2) is 0 Å². The number of benzene rings is 1. The Kier molecular flexibility index (Phi) is 6.32. The monoisotopic (exact) mass is 214 g/mol. The second-order valence-electron chi connectivity index (χ2n) is 4.08. The Bertz CT molecular complexity index is 334. The number of allylic oxidation sites excluding steroid dienone is 1. The van der Waals surface area contributed by atoms with E-state index in [4.69, 9.17) is 0 Å². The topological polar surface area (TPSA) is 0 Å². The molecule has 0 heteroatoms. The highest BCUT2D eigenvalue weighted by molar-refractivity contribution is 5.64. The summed E-state index contributed by atoms with van der Waals surface area (Å²) in [6.07, 6.45) is 12.9. The van der Waals surface area contributed by atoms with E-state index in [2.05, 4.69) is 49.9 Å². The van der Waals surface area contributed by atoms with Crippen LogP contribution in [-0.4, -0.2) is 0 Å². The van der Waals surface area contributed by atoms with E-state index in [-0.39, 0.29) is 0 Å². The third-order valence-electron chi connectivity index (χ3n) is 2.74. The Morgan fingerprint density at radius 2 is 1.81 bits per heavy atom. The van der Waals surface area contributed by atoms with Crippen molar-refractivity contribution in [1.29, 1.82) is 0 Å². The SMILES string of the molecule is C=Cc1ccccc1C=CCCCCCC. The van der Waals surface area contributed by atoms with Gasteiger partial charge in [-0.2, -0.15) is 0 Å². The number of hydrogen-bond acceptors (Lipinski definition) is 0. The molecule has 0 aliphatic rings. The molecule has 16 heavy (non-hydrogen) atoms. The van der Waals surface area contributed by atoms with Gasteiger partial charge in [0.05, 0.1) is 0 Å². The first kappa shape index (κ1) is 12.8. The van der Waals surface area contributed by atoms with Crippen LogP contribution in [0.1, 0.15) is 50.2 Å². The maximum Gasteiger partial charge on any atom is -0.0187 e. The summed E-state index contributed by atoms with van der Waals surface area (Å²) < 4.78 is 0. The summed E-state index contributed by atoms with van der Waals surface area (Å²) in [5, 5.41) is 0. The van der Waals surface area contributed by atoms with Gasteiger partial charge in [0, 0.05) is 0 Å². The van der Waals surface area contributed by atoms with Gasteiger partial charge in [0.2, 0.25) is 0 Å². The fourth-order valence-corrected chi connectivity index (χ4v) is 1.75. The minimum absolute atomic E-state index is 1.19. The molecule has 0 aromatic heterocycles. The molecule has 0 heterocycles. The molecule has 0 fully saturated rings. The molecule has 0 N–H and O–H groups in total. The van der Waals surface area contributed by atoms with Crippen LogP contribution in [0.2, 0.25) is 0 Å². The predicted molar refractivity (Wildman–Crippen MR) is 74.3 cm³/mol. The van der Waals surface area contributed by atoms with Crippen molar-refractivity contribution >= 4 is 12.2 Å². The summed E-state index contributed by atoms with van der Waals surface area (Å²) in [7, 11) is 0. The summed E-state index contributed by atoms with van der Waals surface area (Å²) >= 11 is 0. The molecule has 0 saturated heterocycles. The number of unbranched alkanes of at least 4 members (excludes halogenated alkanes) is 4. The average molecular weight is 214 g/mol. The zero-order valence-corrected chi connectivity index (χ0v) is 10.3. The van der Waals surface area contributed by atoms with Crippen LogP contribution in [0.5, 0.6) is 0 Å². The number of hydrogen-bond donors (Lipinski definition) is 0. The largest absolute Gasteiger partial charge is 0.0984 e. The fourth-order valence-electron chi connectivity index (χ4n) is 1.75. The predicted octanol–water partition coefficient (Wildman–Crippen LogP) is 5.31. The summed E-state index contributed by atoms with van der Waals surface area (Å²) in [4.78, 5) is 0. The maximum absolute atomic E-state index is 3.83. The van der Waals surface area contributed by atoms with E-state index in [0.717, 1.165) is 0 Å². The van der Waals surface area contributed by atoms with Gasteiger partial charge in [-0.1, -0.05) is 75.3 Å². The van der Waals surface area contributed by atoms with Gasteiger partial charge < -0.3 is 0 Å². The summed E-state index contributed by atoms with van der Waals surface area (Å²) in [6.45, 7) is 6.07. The lowest BCUT2D eigenvalue weighted by molar-refractivity contribution is 0.675. The molecule has 0 radical (unpaired) electrons. The summed E-state index contributed by atoms with van der Waals surface area (Å²) in [6, 6.07) is 8.36. The molecule has 0 atom stereocenters. The van der Waals surface area contributed by atoms with E-state index in [1.165, 1.54) is 43.2 Å². The molecule has 0 saturated carbocycles. The van der Waals surface area contributed by atoms with Crippen LogP contribution in [0, 0.1) is 0 Å². The average Bonchev–Trinajstić information content (AvgIpc) is 2.34. The van der Waals surface area contributed by atoms with E-state index in [9.17, 15) is 0 Å². The first-order chi connectivity index (χ1) is 7.88. The van der Waals surface area contributed by atoms with Crippen LogP contribution in [0.25, 0.3) is 12.2 Å². The van der Waals surface area contributed by atoms with Crippen LogP contribution in [0.4, 0.5) is 0 Å². The fraction of sp³-hybridized carbons (Fsp3) is 0.375. The van der Waals surface area contributed by atoms with E-state index in [1.54, 1.807) is 0 Å². The van der Waals surface area contributed by atoms with Gasteiger partial charge in [-0.25, -0.2) is 0 Å². The van der Waals surface area contributed by atoms with Crippen molar-refractivity contribution in [2.45, 2.75) is 39.0 Å². The van der Waals surface area contributed by atoms with Crippen molar-refractivity contribution in [3.05, 3.63) is 48.0 Å². The van der Waals surface area contributed by atoms with Crippen molar-refractivity contribution in [1.82, 2.24) is 0 Å². The third kappa shape index (κ3) is 4.48. The Morgan fingerprint density at radius 3 is 2.50 bits per heavy atom. The summed E-state index contributed by atoms with van der Waals surface area (Å²) in [5.41, 5.74) is 2.49. The molecule has 0 spiro atoms. The zero-order chi connectivity index (χ0) is 11.6. The Balaban J connectivity index is 2.40. The second-order valence-corrected chi connectivity index (χ2v) is 4.08. The van der Waals surface area contributed by atoms with Gasteiger partial charge in [-0.05, 0) is 24.0 Å². The van der Waals surface area contributed by atoms with Crippen molar-refractivity contribution in [2.24, 2.45) is 0 Å². The molecule has 0 unspecified atom stereocenters. The number of rotatable bonds is 7. The second kappa shape index (κ2) is 7.92. The van der Waals surface area contributed by atoms with Crippen LogP contribution in [0.15, 0.2) is 36.9 Å². The molecule has 1 aromatic carbocycles. The molecule has 0 bridgehead atoms. The first-order valence-electron chi connectivity index (χ1n) is 6.26. The lowest BCUT2D eigenvalue weighted by atomic mass is 10.1. The van der Waals surface area contributed by atoms with Crippen LogP contribution >= 0.6 is 0 Å². The standard InChI is InChI=1S/C16H22/c1-3-5-6-7-8-9-13-16-14-11-10-12-15(16)4-2/h4,9-14H,2-3,5-8H2,1H3. The Hall–Kier alpha value is -1.30. The Labute approximate surface area is 99.7 Å². The normalized spacial score (nSPS) is 10.8.